The first-order chi connectivity index (χ1) is 17.0. The summed E-state index contributed by atoms with van der Waals surface area (Å²) in [6.45, 7) is 6.73. The number of ether oxygens (including phenoxy) is 2. The van der Waals surface area contributed by atoms with E-state index in [4.69, 9.17) is 9.47 Å². The summed E-state index contributed by atoms with van der Waals surface area (Å²) in [5, 5.41) is 4.08. The summed E-state index contributed by atoms with van der Waals surface area (Å²) in [6.07, 6.45) is 1.95. The summed E-state index contributed by atoms with van der Waals surface area (Å²) >= 11 is 0. The van der Waals surface area contributed by atoms with Gasteiger partial charge in [0.1, 0.15) is 0 Å². The molecule has 0 spiro atoms. The highest BCUT2D eigenvalue weighted by molar-refractivity contribution is 5.83. The fourth-order valence-electron chi connectivity index (χ4n) is 3.62. The van der Waals surface area contributed by atoms with Crippen molar-refractivity contribution in [2.75, 3.05) is 64.9 Å². The molecule has 1 aliphatic heterocycles. The molecule has 0 radical (unpaired) electrons. The Hall–Kier alpha value is -3.59. The van der Waals surface area contributed by atoms with Gasteiger partial charge in [0.25, 0.3) is 5.91 Å². The van der Waals surface area contributed by atoms with E-state index in [2.05, 4.69) is 44.6 Å². The zero-order chi connectivity index (χ0) is 25.0. The third-order valence-electron chi connectivity index (χ3n) is 5.67. The molecule has 9 heteroatoms. The molecular weight excluding hydrogens is 446 g/mol. The number of anilines is 1. The molecule has 1 saturated heterocycles. The van der Waals surface area contributed by atoms with Crippen LogP contribution in [0.25, 0.3) is 0 Å². The van der Waals surface area contributed by atoms with Crippen molar-refractivity contribution in [2.24, 2.45) is 5.10 Å². The number of benzene rings is 2. The zero-order valence-corrected chi connectivity index (χ0v) is 20.8. The van der Waals surface area contributed by atoms with Gasteiger partial charge in [0.05, 0.1) is 12.8 Å². The summed E-state index contributed by atoms with van der Waals surface area (Å²) in [4.78, 5) is 30.2. The molecule has 1 heterocycles. The number of hydrogen-bond acceptors (Lipinski definition) is 7. The molecule has 2 aromatic carbocycles. The Morgan fingerprint density at radius 1 is 1.03 bits per heavy atom. The summed E-state index contributed by atoms with van der Waals surface area (Å²) in [5.41, 5.74) is 4.59. The summed E-state index contributed by atoms with van der Waals surface area (Å²) in [6, 6.07) is 15.7. The standard InChI is InChI=1S/C26H35N5O4/c1-4-34-24-18-21(10-11-23(24)35-20-26(33)29(2)3)19-27-28-25(32)12-13-30-14-16-31(17-15-30)22-8-6-5-7-9-22/h5-11,18-19H,4,12-17,20H2,1-3H3,(H,28,32)/b27-19+. The van der Waals surface area contributed by atoms with Crippen molar-refractivity contribution in [3.05, 3.63) is 54.1 Å². The van der Waals surface area contributed by atoms with Gasteiger partial charge in [-0.1, -0.05) is 18.2 Å². The van der Waals surface area contributed by atoms with E-state index in [1.807, 2.05) is 13.0 Å². The molecule has 3 rings (SSSR count). The van der Waals surface area contributed by atoms with E-state index >= 15 is 0 Å². The van der Waals surface area contributed by atoms with E-state index in [1.165, 1.54) is 10.6 Å². The van der Waals surface area contributed by atoms with Gasteiger partial charge >= 0.3 is 0 Å². The average Bonchev–Trinajstić information content (AvgIpc) is 2.87. The second-order valence-corrected chi connectivity index (χ2v) is 8.42. The molecule has 1 fully saturated rings. The first-order valence-electron chi connectivity index (χ1n) is 11.9. The molecule has 1 N–H and O–H groups in total. The predicted octanol–water partition coefficient (Wildman–Crippen LogP) is 2.21. The minimum atomic E-state index is -0.140. The SMILES string of the molecule is CCOc1cc(/C=N/NC(=O)CCN2CCN(c3ccccc3)CC2)ccc1OCC(=O)N(C)C. The highest BCUT2D eigenvalue weighted by atomic mass is 16.5. The van der Waals surface area contributed by atoms with Crippen molar-refractivity contribution in [1.82, 2.24) is 15.2 Å². The number of amides is 2. The second kappa shape index (κ2) is 13.3. The lowest BCUT2D eigenvalue weighted by Gasteiger charge is -2.36. The molecule has 0 bridgehead atoms. The second-order valence-electron chi connectivity index (χ2n) is 8.42. The van der Waals surface area contributed by atoms with Crippen LogP contribution in [-0.4, -0.2) is 87.9 Å². The van der Waals surface area contributed by atoms with Crippen molar-refractivity contribution in [1.29, 1.82) is 0 Å². The number of nitrogens with zero attached hydrogens (tertiary/aromatic N) is 4. The fourth-order valence-corrected chi connectivity index (χ4v) is 3.62. The first-order valence-corrected chi connectivity index (χ1v) is 11.9. The van der Waals surface area contributed by atoms with Crippen molar-refractivity contribution in [3.8, 4) is 11.5 Å². The quantitative estimate of drug-likeness (QED) is 0.391. The number of carbonyl (C=O) groups excluding carboxylic acids is 2. The Morgan fingerprint density at radius 2 is 1.77 bits per heavy atom. The molecule has 0 atom stereocenters. The van der Waals surface area contributed by atoms with Crippen molar-refractivity contribution >= 4 is 23.7 Å². The van der Waals surface area contributed by atoms with Crippen LogP contribution in [0.4, 0.5) is 5.69 Å². The van der Waals surface area contributed by atoms with Gasteiger partial charge in [-0.15, -0.1) is 0 Å². The van der Waals surface area contributed by atoms with Crippen LogP contribution in [0.5, 0.6) is 11.5 Å². The smallest absolute Gasteiger partial charge is 0.259 e. The number of carbonyl (C=O) groups is 2. The van der Waals surface area contributed by atoms with Crippen LogP contribution >= 0.6 is 0 Å². The summed E-state index contributed by atoms with van der Waals surface area (Å²) < 4.78 is 11.2. The predicted molar refractivity (Wildman–Crippen MR) is 137 cm³/mol. The third-order valence-corrected chi connectivity index (χ3v) is 5.67. The molecule has 1 aliphatic rings. The third kappa shape index (κ3) is 8.29. The minimum absolute atomic E-state index is 0.0716. The van der Waals surface area contributed by atoms with Gasteiger partial charge < -0.3 is 19.3 Å². The van der Waals surface area contributed by atoms with E-state index in [-0.39, 0.29) is 18.4 Å². The number of nitrogens with one attached hydrogen (secondary N) is 1. The van der Waals surface area contributed by atoms with Crippen LogP contribution in [0.15, 0.2) is 53.6 Å². The molecule has 0 unspecified atom stereocenters. The van der Waals surface area contributed by atoms with Crippen LogP contribution in [0.1, 0.15) is 18.9 Å². The molecule has 188 valence electrons. The molecule has 0 aromatic heterocycles. The van der Waals surface area contributed by atoms with Gasteiger partial charge in [-0.05, 0) is 42.8 Å². The number of likely N-dealkylation sites (N-methyl/N-ethyl adjacent to an activating group) is 1. The van der Waals surface area contributed by atoms with Gasteiger partial charge in [0.2, 0.25) is 5.91 Å². The maximum atomic E-state index is 12.2. The van der Waals surface area contributed by atoms with Crippen LogP contribution in [0, 0.1) is 0 Å². The van der Waals surface area contributed by atoms with Gasteiger partial charge in [-0.25, -0.2) is 5.43 Å². The maximum absolute atomic E-state index is 12.2. The van der Waals surface area contributed by atoms with Crippen molar-refractivity contribution < 1.29 is 19.1 Å². The largest absolute Gasteiger partial charge is 0.490 e. The molecule has 9 nitrogen and oxygen atoms in total. The Labute approximate surface area is 207 Å². The average molecular weight is 482 g/mol. The van der Waals surface area contributed by atoms with E-state index < -0.39 is 0 Å². The number of piperazine rings is 1. The summed E-state index contributed by atoms with van der Waals surface area (Å²) in [7, 11) is 3.35. The lowest BCUT2D eigenvalue weighted by atomic mass is 10.2. The van der Waals surface area contributed by atoms with Gasteiger partial charge in [0, 0.05) is 58.9 Å². The zero-order valence-electron chi connectivity index (χ0n) is 20.8. The van der Waals surface area contributed by atoms with E-state index in [1.54, 1.807) is 38.5 Å². The van der Waals surface area contributed by atoms with E-state index in [0.29, 0.717) is 31.1 Å². The number of rotatable bonds is 11. The molecule has 2 amide bonds. The first kappa shape index (κ1) is 26.0. The lowest BCUT2D eigenvalue weighted by molar-refractivity contribution is -0.130. The monoisotopic (exact) mass is 481 g/mol. The Kier molecular flexibility index (Phi) is 9.92. The molecule has 2 aromatic rings. The van der Waals surface area contributed by atoms with Crippen LogP contribution in [0.2, 0.25) is 0 Å². The topological polar surface area (TPSA) is 86.7 Å². The molecule has 35 heavy (non-hydrogen) atoms. The van der Waals surface area contributed by atoms with Crippen LogP contribution < -0.4 is 19.8 Å². The highest BCUT2D eigenvalue weighted by Gasteiger charge is 2.17. The number of para-hydroxylation sites is 1. The van der Waals surface area contributed by atoms with Gasteiger partial charge in [-0.3, -0.25) is 14.5 Å². The van der Waals surface area contributed by atoms with Gasteiger partial charge in [0.15, 0.2) is 18.1 Å². The molecule has 0 aliphatic carbocycles. The van der Waals surface area contributed by atoms with Crippen molar-refractivity contribution in [3.63, 3.8) is 0 Å². The highest BCUT2D eigenvalue weighted by Crippen LogP contribution is 2.28. The number of hydrazone groups is 1. The summed E-state index contributed by atoms with van der Waals surface area (Å²) in [5.74, 6) is 0.734. The fraction of sp³-hybridized carbons (Fsp3) is 0.423. The Balaban J connectivity index is 1.42. The Bertz CT molecular complexity index is 988. The minimum Gasteiger partial charge on any atom is -0.490 e. The Morgan fingerprint density at radius 3 is 2.46 bits per heavy atom. The van der Waals surface area contributed by atoms with Gasteiger partial charge in [-0.2, -0.15) is 5.10 Å². The maximum Gasteiger partial charge on any atom is 0.259 e. The lowest BCUT2D eigenvalue weighted by Crippen LogP contribution is -2.47. The molecule has 0 saturated carbocycles. The normalized spacial score (nSPS) is 14.1. The molecular formula is C26H35N5O4. The van der Waals surface area contributed by atoms with E-state index in [0.717, 1.165) is 31.7 Å². The van der Waals surface area contributed by atoms with Crippen LogP contribution in [0.3, 0.4) is 0 Å². The number of hydrogen-bond donors (Lipinski definition) is 1. The van der Waals surface area contributed by atoms with Crippen LogP contribution in [-0.2, 0) is 9.59 Å². The van der Waals surface area contributed by atoms with Crippen molar-refractivity contribution in [2.45, 2.75) is 13.3 Å². The van der Waals surface area contributed by atoms with E-state index in [9.17, 15) is 9.59 Å².